The molecule has 3 N–H and O–H groups in total. The first-order valence-electron chi connectivity index (χ1n) is 40.6. The Morgan fingerprint density at radius 3 is 0.807 bits per heavy atom. The molecule has 0 aliphatic rings. The number of allylic oxidation sites excluding steroid dienone is 3. The Morgan fingerprint density at radius 1 is 0.307 bits per heavy atom. The van der Waals surface area contributed by atoms with Crippen LogP contribution in [0.1, 0.15) is 463 Å². The predicted molar refractivity (Wildman–Crippen MR) is 389 cm³/mol. The van der Waals surface area contributed by atoms with E-state index in [2.05, 4.69) is 31.3 Å². The average molecular weight is 1240 g/mol. The van der Waals surface area contributed by atoms with Gasteiger partial charge in [-0.3, -0.25) is 9.59 Å². The Labute approximate surface area is 551 Å². The Morgan fingerprint density at radius 2 is 0.534 bits per heavy atom. The molecule has 2 atom stereocenters. The topological polar surface area (TPSA) is 95.9 Å². The van der Waals surface area contributed by atoms with Crippen molar-refractivity contribution in [3.05, 3.63) is 24.3 Å². The van der Waals surface area contributed by atoms with E-state index in [1.807, 2.05) is 6.08 Å². The molecule has 0 rings (SSSR count). The molecule has 0 aliphatic carbocycles. The summed E-state index contributed by atoms with van der Waals surface area (Å²) in [6.07, 6.45) is 100. The summed E-state index contributed by atoms with van der Waals surface area (Å²) in [6.45, 7) is 4.94. The van der Waals surface area contributed by atoms with E-state index in [4.69, 9.17) is 4.74 Å². The predicted octanol–water partition coefficient (Wildman–Crippen LogP) is 26.8. The molecule has 6 nitrogen and oxygen atoms in total. The van der Waals surface area contributed by atoms with Gasteiger partial charge in [-0.05, 0) is 57.8 Å². The number of nitrogens with one attached hydrogen (secondary N) is 1. The number of amides is 1. The normalized spacial score (nSPS) is 12.5. The number of carbonyl (C=O) groups excluding carboxylic acids is 2. The number of unbranched alkanes of at least 4 members (excludes halogenated alkanes) is 64. The molecule has 0 fully saturated rings. The van der Waals surface area contributed by atoms with Crippen LogP contribution in [0.25, 0.3) is 0 Å². The smallest absolute Gasteiger partial charge is 0.305 e. The van der Waals surface area contributed by atoms with Crippen LogP contribution in [0.3, 0.4) is 0 Å². The first-order valence-corrected chi connectivity index (χ1v) is 40.6. The van der Waals surface area contributed by atoms with Crippen molar-refractivity contribution in [1.82, 2.24) is 5.32 Å². The molecule has 1 amide bonds. The van der Waals surface area contributed by atoms with Gasteiger partial charge in [0, 0.05) is 12.8 Å². The third kappa shape index (κ3) is 73.4. The van der Waals surface area contributed by atoms with E-state index in [9.17, 15) is 19.8 Å². The molecule has 0 spiro atoms. The second-order valence-electron chi connectivity index (χ2n) is 28.1. The van der Waals surface area contributed by atoms with E-state index < -0.39 is 12.1 Å². The van der Waals surface area contributed by atoms with Crippen molar-refractivity contribution in [2.45, 2.75) is 475 Å². The standard InChI is InChI=1S/C82H159NO5/c1-3-5-7-9-11-13-15-17-19-43-48-52-56-60-64-68-72-76-82(87)88-77-73-69-65-61-57-53-49-45-42-40-38-36-34-32-30-28-26-24-22-20-21-23-25-27-29-31-33-35-37-39-41-44-47-51-55-59-63-67-71-75-81(86)83-79(78-84)80(85)74-70-66-62-58-54-50-46-18-16-14-12-10-8-6-4-2/h17,19,70,74,79-80,84-85H,3-16,18,20-69,71-73,75-78H2,1-2H3,(H,83,86)/b19-17-,74-70+. The van der Waals surface area contributed by atoms with Gasteiger partial charge in [-0.15, -0.1) is 0 Å². The molecule has 0 aliphatic heterocycles. The van der Waals surface area contributed by atoms with Crippen LogP contribution in [-0.4, -0.2) is 47.4 Å². The van der Waals surface area contributed by atoms with Crippen molar-refractivity contribution in [3.63, 3.8) is 0 Å². The van der Waals surface area contributed by atoms with E-state index in [-0.39, 0.29) is 18.5 Å². The van der Waals surface area contributed by atoms with E-state index in [0.717, 1.165) is 38.5 Å². The summed E-state index contributed by atoms with van der Waals surface area (Å²) in [7, 11) is 0. The van der Waals surface area contributed by atoms with E-state index in [1.54, 1.807) is 6.08 Å². The summed E-state index contributed by atoms with van der Waals surface area (Å²) in [5, 5.41) is 23.2. The van der Waals surface area contributed by atoms with Crippen LogP contribution in [0.4, 0.5) is 0 Å². The van der Waals surface area contributed by atoms with Crippen molar-refractivity contribution < 1.29 is 24.5 Å². The van der Waals surface area contributed by atoms with Crippen molar-refractivity contribution in [1.29, 1.82) is 0 Å². The maximum absolute atomic E-state index is 12.5. The maximum atomic E-state index is 12.5. The molecule has 522 valence electrons. The number of hydrogen-bond acceptors (Lipinski definition) is 5. The lowest BCUT2D eigenvalue weighted by Gasteiger charge is -2.20. The zero-order chi connectivity index (χ0) is 63.5. The highest BCUT2D eigenvalue weighted by molar-refractivity contribution is 5.76. The van der Waals surface area contributed by atoms with Gasteiger partial charge >= 0.3 is 5.97 Å². The summed E-state index contributed by atoms with van der Waals surface area (Å²) in [5.41, 5.74) is 0. The zero-order valence-corrected chi connectivity index (χ0v) is 60.0. The van der Waals surface area contributed by atoms with Crippen LogP contribution in [0, 0.1) is 0 Å². The van der Waals surface area contributed by atoms with Gasteiger partial charge in [0.25, 0.3) is 0 Å². The minimum atomic E-state index is -0.840. The molecule has 0 aromatic carbocycles. The van der Waals surface area contributed by atoms with Crippen molar-refractivity contribution in [3.8, 4) is 0 Å². The first-order chi connectivity index (χ1) is 43.5. The lowest BCUT2D eigenvalue weighted by molar-refractivity contribution is -0.143. The molecule has 2 unspecified atom stereocenters. The molecule has 6 heteroatoms. The fourth-order valence-corrected chi connectivity index (χ4v) is 13.0. The summed E-state index contributed by atoms with van der Waals surface area (Å²) in [6, 6.07) is -0.623. The lowest BCUT2D eigenvalue weighted by atomic mass is 10.0. The van der Waals surface area contributed by atoms with Gasteiger partial charge in [-0.25, -0.2) is 0 Å². The van der Waals surface area contributed by atoms with E-state index >= 15 is 0 Å². The van der Waals surface area contributed by atoms with Gasteiger partial charge < -0.3 is 20.3 Å². The lowest BCUT2D eigenvalue weighted by Crippen LogP contribution is -2.45. The Kier molecular flexibility index (Phi) is 76.3. The molecule has 0 radical (unpaired) electrons. The SMILES string of the molecule is CCCCCCCC/C=C\CCCCCCCCCC(=O)OCCCCCCCCCCCCCCCCCCCCCCCCCCCCCCCCCCCCCCCCCC(=O)NC(CO)C(O)/C=C/CCCCCCCCCCCCCCC. The number of ether oxygens (including phenoxy) is 1. The van der Waals surface area contributed by atoms with Crippen LogP contribution < -0.4 is 5.32 Å². The number of rotatable bonds is 77. The molecular weight excluding hydrogens is 1080 g/mol. The molecule has 0 aromatic heterocycles. The Bertz CT molecular complexity index is 1380. The maximum Gasteiger partial charge on any atom is 0.305 e. The second-order valence-corrected chi connectivity index (χ2v) is 28.1. The average Bonchev–Trinajstić information content (AvgIpc) is 3.59. The van der Waals surface area contributed by atoms with Crippen LogP contribution in [0.15, 0.2) is 24.3 Å². The van der Waals surface area contributed by atoms with Crippen molar-refractivity contribution in [2.24, 2.45) is 0 Å². The summed E-state index contributed by atoms with van der Waals surface area (Å²) in [4.78, 5) is 24.6. The Balaban J connectivity index is 3.29. The molecule has 88 heavy (non-hydrogen) atoms. The number of aliphatic hydroxyl groups excluding tert-OH is 2. The summed E-state index contributed by atoms with van der Waals surface area (Å²) >= 11 is 0. The largest absolute Gasteiger partial charge is 0.466 e. The quantitative estimate of drug-likeness (QED) is 0.0320. The highest BCUT2D eigenvalue weighted by Gasteiger charge is 2.18. The van der Waals surface area contributed by atoms with Crippen LogP contribution in [-0.2, 0) is 14.3 Å². The minimum Gasteiger partial charge on any atom is -0.466 e. The monoisotopic (exact) mass is 1240 g/mol. The van der Waals surface area contributed by atoms with Crippen LogP contribution in [0.2, 0.25) is 0 Å². The van der Waals surface area contributed by atoms with Gasteiger partial charge in [0.1, 0.15) is 0 Å². The summed E-state index contributed by atoms with van der Waals surface area (Å²) in [5.74, 6) is -0.0372. The first kappa shape index (κ1) is 86.3. The van der Waals surface area contributed by atoms with Gasteiger partial charge in [0.05, 0.1) is 25.4 Å². The second kappa shape index (κ2) is 77.8. The molecule has 0 saturated heterocycles. The van der Waals surface area contributed by atoms with Gasteiger partial charge in [0.2, 0.25) is 5.91 Å². The molecule has 0 bridgehead atoms. The van der Waals surface area contributed by atoms with Gasteiger partial charge in [0.15, 0.2) is 0 Å². The molecule has 0 heterocycles. The van der Waals surface area contributed by atoms with Crippen molar-refractivity contribution in [2.75, 3.05) is 13.2 Å². The minimum absolute atomic E-state index is 0.0215. The third-order valence-electron chi connectivity index (χ3n) is 19.2. The fourth-order valence-electron chi connectivity index (χ4n) is 13.0. The van der Waals surface area contributed by atoms with Gasteiger partial charge in [-0.1, -0.05) is 417 Å². The van der Waals surface area contributed by atoms with Gasteiger partial charge in [-0.2, -0.15) is 0 Å². The van der Waals surface area contributed by atoms with E-state index in [1.165, 1.54) is 398 Å². The number of carbonyl (C=O) groups is 2. The van der Waals surface area contributed by atoms with Crippen LogP contribution in [0.5, 0.6) is 0 Å². The summed E-state index contributed by atoms with van der Waals surface area (Å²) < 4.78 is 5.51. The fraction of sp³-hybridized carbons (Fsp3) is 0.927. The van der Waals surface area contributed by atoms with E-state index in [0.29, 0.717) is 19.4 Å². The molecule has 0 aromatic rings. The molecular formula is C82H159NO5. The zero-order valence-electron chi connectivity index (χ0n) is 60.0. The van der Waals surface area contributed by atoms with Crippen LogP contribution >= 0.6 is 0 Å². The number of hydrogen-bond donors (Lipinski definition) is 3. The number of esters is 1. The highest BCUT2D eigenvalue weighted by atomic mass is 16.5. The number of aliphatic hydroxyl groups is 2. The Hall–Kier alpha value is -1.66. The highest BCUT2D eigenvalue weighted by Crippen LogP contribution is 2.20. The third-order valence-corrected chi connectivity index (χ3v) is 19.2. The molecule has 0 saturated carbocycles. The van der Waals surface area contributed by atoms with Crippen molar-refractivity contribution >= 4 is 11.9 Å².